The number of hydrogen-bond acceptors (Lipinski definition) is 3. The van der Waals surface area contributed by atoms with Gasteiger partial charge in [-0.1, -0.05) is 37.9 Å². The van der Waals surface area contributed by atoms with Crippen LogP contribution in [-0.4, -0.2) is 12.5 Å². The van der Waals surface area contributed by atoms with Crippen molar-refractivity contribution in [1.29, 1.82) is 0 Å². The number of nitrogens with zero attached hydrogens (tertiary/aromatic N) is 1. The van der Waals surface area contributed by atoms with Crippen LogP contribution in [0.1, 0.15) is 5.56 Å². The number of ether oxygens (including phenoxy) is 1. The number of fused-ring (bicyclic) bond motifs is 1. The summed E-state index contributed by atoms with van der Waals surface area (Å²) in [5.74, 6) is 0.610. The number of anilines is 2. The number of carbonyl (C=O) groups is 1. The van der Waals surface area contributed by atoms with Crippen molar-refractivity contribution in [2.45, 2.75) is 6.54 Å². The third-order valence-corrected chi connectivity index (χ3v) is 4.57. The molecule has 0 bridgehead atoms. The van der Waals surface area contributed by atoms with Gasteiger partial charge in [0, 0.05) is 20.2 Å². The Balaban J connectivity index is 2.03. The predicted octanol–water partition coefficient (Wildman–Crippen LogP) is 3.72. The van der Waals surface area contributed by atoms with Crippen LogP contribution >= 0.6 is 31.9 Å². The summed E-state index contributed by atoms with van der Waals surface area (Å²) in [5, 5.41) is 0. The maximum absolute atomic E-state index is 12.2. The van der Waals surface area contributed by atoms with Crippen molar-refractivity contribution in [3.05, 3.63) is 50.9 Å². The fourth-order valence-corrected chi connectivity index (χ4v) is 3.10. The second-order valence-electron chi connectivity index (χ2n) is 4.69. The summed E-state index contributed by atoms with van der Waals surface area (Å²) in [5.41, 5.74) is 8.31. The SMILES string of the molecule is Nc1cccc(Br)c1CN1C(=O)COc2ccc(Br)cc21. The van der Waals surface area contributed by atoms with E-state index < -0.39 is 0 Å². The van der Waals surface area contributed by atoms with Gasteiger partial charge in [0.25, 0.3) is 5.91 Å². The van der Waals surface area contributed by atoms with E-state index in [0.29, 0.717) is 18.0 Å². The van der Waals surface area contributed by atoms with E-state index >= 15 is 0 Å². The maximum Gasteiger partial charge on any atom is 0.265 e. The van der Waals surface area contributed by atoms with Crippen molar-refractivity contribution in [2.24, 2.45) is 0 Å². The van der Waals surface area contributed by atoms with Gasteiger partial charge < -0.3 is 15.4 Å². The van der Waals surface area contributed by atoms with E-state index in [1.165, 1.54) is 0 Å². The van der Waals surface area contributed by atoms with Gasteiger partial charge in [-0.3, -0.25) is 4.79 Å². The lowest BCUT2D eigenvalue weighted by molar-refractivity contribution is -0.121. The molecule has 2 aromatic carbocycles. The summed E-state index contributed by atoms with van der Waals surface area (Å²) >= 11 is 6.91. The molecular formula is C15H12Br2N2O2. The molecule has 2 N–H and O–H groups in total. The van der Waals surface area contributed by atoms with Crippen molar-refractivity contribution >= 4 is 49.1 Å². The van der Waals surface area contributed by atoms with Crippen molar-refractivity contribution in [3.8, 4) is 5.75 Å². The lowest BCUT2D eigenvalue weighted by Gasteiger charge is -2.30. The maximum atomic E-state index is 12.2. The number of nitrogen functional groups attached to an aromatic ring is 1. The van der Waals surface area contributed by atoms with Crippen LogP contribution in [0.25, 0.3) is 0 Å². The molecule has 4 nitrogen and oxygen atoms in total. The summed E-state index contributed by atoms with van der Waals surface area (Å²) < 4.78 is 7.24. The standard InChI is InChI=1S/C15H12Br2N2O2/c16-9-4-5-14-13(6-9)19(15(20)8-21-14)7-10-11(17)2-1-3-12(10)18/h1-6H,7-8,18H2. The third-order valence-electron chi connectivity index (χ3n) is 3.34. The Morgan fingerprint density at radius 2 is 2.05 bits per heavy atom. The molecule has 0 saturated carbocycles. The Kier molecular flexibility index (Phi) is 3.91. The van der Waals surface area contributed by atoms with E-state index in [1.54, 1.807) is 4.90 Å². The average molecular weight is 412 g/mol. The van der Waals surface area contributed by atoms with Gasteiger partial charge >= 0.3 is 0 Å². The molecule has 1 aliphatic heterocycles. The van der Waals surface area contributed by atoms with Crippen LogP contribution in [0.4, 0.5) is 11.4 Å². The second-order valence-corrected chi connectivity index (χ2v) is 6.46. The molecular weight excluding hydrogens is 400 g/mol. The first kappa shape index (κ1) is 14.4. The van der Waals surface area contributed by atoms with E-state index in [2.05, 4.69) is 31.9 Å². The highest BCUT2D eigenvalue weighted by Crippen LogP contribution is 2.36. The molecule has 0 radical (unpaired) electrons. The highest BCUT2D eigenvalue weighted by Gasteiger charge is 2.26. The monoisotopic (exact) mass is 410 g/mol. The lowest BCUT2D eigenvalue weighted by Crippen LogP contribution is -2.38. The first-order chi connectivity index (χ1) is 10.1. The normalized spacial score (nSPS) is 13.8. The smallest absolute Gasteiger partial charge is 0.265 e. The van der Waals surface area contributed by atoms with Crippen LogP contribution in [-0.2, 0) is 11.3 Å². The third kappa shape index (κ3) is 2.78. The van der Waals surface area contributed by atoms with E-state index in [0.717, 1.165) is 20.2 Å². The zero-order valence-electron chi connectivity index (χ0n) is 11.0. The van der Waals surface area contributed by atoms with Crippen molar-refractivity contribution in [3.63, 3.8) is 0 Å². The Morgan fingerprint density at radius 3 is 2.81 bits per heavy atom. The molecule has 1 heterocycles. The fourth-order valence-electron chi connectivity index (χ4n) is 2.25. The van der Waals surface area contributed by atoms with Gasteiger partial charge in [-0.15, -0.1) is 0 Å². The topological polar surface area (TPSA) is 55.6 Å². The molecule has 1 amide bonds. The molecule has 0 saturated heterocycles. The van der Waals surface area contributed by atoms with Gasteiger partial charge in [0.1, 0.15) is 5.75 Å². The Bertz CT molecular complexity index is 699. The molecule has 0 aliphatic carbocycles. The van der Waals surface area contributed by atoms with Crippen LogP contribution in [0.15, 0.2) is 45.3 Å². The molecule has 1 aliphatic rings. The van der Waals surface area contributed by atoms with Crippen molar-refractivity contribution in [2.75, 3.05) is 17.2 Å². The molecule has 0 aromatic heterocycles. The number of amides is 1. The van der Waals surface area contributed by atoms with E-state index in [4.69, 9.17) is 10.5 Å². The van der Waals surface area contributed by atoms with Crippen LogP contribution in [0, 0.1) is 0 Å². The fraction of sp³-hybridized carbons (Fsp3) is 0.133. The summed E-state index contributed by atoms with van der Waals surface area (Å²) in [4.78, 5) is 13.9. The van der Waals surface area contributed by atoms with Gasteiger partial charge in [-0.05, 0) is 30.3 Å². The first-order valence-electron chi connectivity index (χ1n) is 6.32. The minimum Gasteiger partial charge on any atom is -0.482 e. The molecule has 2 aromatic rings. The molecule has 3 rings (SSSR count). The van der Waals surface area contributed by atoms with E-state index in [-0.39, 0.29) is 12.5 Å². The second kappa shape index (κ2) is 5.69. The zero-order valence-corrected chi connectivity index (χ0v) is 14.1. The number of hydrogen-bond donors (Lipinski definition) is 1. The highest BCUT2D eigenvalue weighted by molar-refractivity contribution is 9.10. The number of rotatable bonds is 2. The molecule has 0 unspecified atom stereocenters. The van der Waals surface area contributed by atoms with Crippen molar-refractivity contribution < 1.29 is 9.53 Å². The highest BCUT2D eigenvalue weighted by atomic mass is 79.9. The Hall–Kier alpha value is -1.53. The average Bonchev–Trinajstić information content (AvgIpc) is 2.45. The largest absolute Gasteiger partial charge is 0.482 e. The van der Waals surface area contributed by atoms with Gasteiger partial charge in [-0.25, -0.2) is 0 Å². The lowest BCUT2D eigenvalue weighted by atomic mass is 10.1. The quantitative estimate of drug-likeness (QED) is 0.766. The van der Waals surface area contributed by atoms with Gasteiger partial charge in [-0.2, -0.15) is 0 Å². The van der Waals surface area contributed by atoms with Crippen LogP contribution < -0.4 is 15.4 Å². The Morgan fingerprint density at radius 1 is 1.24 bits per heavy atom. The summed E-state index contributed by atoms with van der Waals surface area (Å²) in [6.07, 6.45) is 0. The van der Waals surface area contributed by atoms with E-state index in [1.807, 2.05) is 36.4 Å². The number of halogens is 2. The molecule has 6 heteroatoms. The summed E-state index contributed by atoms with van der Waals surface area (Å²) in [6, 6.07) is 11.2. The van der Waals surface area contributed by atoms with Gasteiger partial charge in [0.05, 0.1) is 12.2 Å². The van der Waals surface area contributed by atoms with Crippen molar-refractivity contribution in [1.82, 2.24) is 0 Å². The zero-order chi connectivity index (χ0) is 15.0. The predicted molar refractivity (Wildman–Crippen MR) is 89.4 cm³/mol. The van der Waals surface area contributed by atoms with Crippen LogP contribution in [0.3, 0.4) is 0 Å². The molecule has 21 heavy (non-hydrogen) atoms. The summed E-state index contributed by atoms with van der Waals surface area (Å²) in [6.45, 7) is 0.442. The minimum absolute atomic E-state index is 0.0407. The minimum atomic E-state index is -0.0873. The van der Waals surface area contributed by atoms with E-state index in [9.17, 15) is 4.79 Å². The number of benzene rings is 2. The summed E-state index contributed by atoms with van der Waals surface area (Å²) in [7, 11) is 0. The molecule has 108 valence electrons. The molecule has 0 fully saturated rings. The molecule has 0 atom stereocenters. The number of nitrogens with two attached hydrogens (primary N) is 1. The van der Waals surface area contributed by atoms with Gasteiger partial charge in [0.15, 0.2) is 6.61 Å². The van der Waals surface area contributed by atoms with Crippen LogP contribution in [0.2, 0.25) is 0 Å². The molecule has 0 spiro atoms. The Labute approximate surface area is 139 Å². The van der Waals surface area contributed by atoms with Crippen LogP contribution in [0.5, 0.6) is 5.75 Å². The first-order valence-corrected chi connectivity index (χ1v) is 7.90. The van der Waals surface area contributed by atoms with Gasteiger partial charge in [0.2, 0.25) is 0 Å². The number of carbonyl (C=O) groups excluding carboxylic acids is 1.